The van der Waals surface area contributed by atoms with Gasteiger partial charge in [-0.3, -0.25) is 4.79 Å². The number of aromatic nitrogens is 1. The molecule has 1 heterocycles. The summed E-state index contributed by atoms with van der Waals surface area (Å²) in [6, 6.07) is 23.7. The second kappa shape index (κ2) is 8.40. The maximum atomic E-state index is 13.2. The maximum Gasteiger partial charge on any atom is 0.267 e. The van der Waals surface area contributed by atoms with Gasteiger partial charge in [0.1, 0.15) is 10.8 Å². The summed E-state index contributed by atoms with van der Waals surface area (Å²) in [5, 5.41) is 3.93. The molecule has 1 amide bonds. The second-order valence-corrected chi connectivity index (χ2v) is 10.4. The third-order valence-electron chi connectivity index (χ3n) is 5.34. The van der Waals surface area contributed by atoms with Gasteiger partial charge in [0, 0.05) is 5.56 Å². The minimum absolute atomic E-state index is 0.0652. The van der Waals surface area contributed by atoms with Crippen LogP contribution >= 0.6 is 11.3 Å². The van der Waals surface area contributed by atoms with Gasteiger partial charge in [-0.05, 0) is 61.2 Å². The van der Waals surface area contributed by atoms with Crippen LogP contribution in [0.5, 0.6) is 5.75 Å². The van der Waals surface area contributed by atoms with Gasteiger partial charge in [-0.2, -0.15) is 0 Å². The van der Waals surface area contributed by atoms with Gasteiger partial charge in [0.25, 0.3) is 5.91 Å². The lowest BCUT2D eigenvalue weighted by molar-refractivity contribution is -0.128. The van der Waals surface area contributed by atoms with E-state index in [1.165, 1.54) is 5.56 Å². The highest BCUT2D eigenvalue weighted by molar-refractivity contribution is 7.21. The molecular weight excluding hydrogens is 416 g/mol. The molecule has 4 nitrogen and oxygen atoms in total. The Balaban J connectivity index is 1.54. The number of thiazole rings is 1. The van der Waals surface area contributed by atoms with Crippen molar-refractivity contribution < 1.29 is 9.53 Å². The van der Waals surface area contributed by atoms with Crippen molar-refractivity contribution in [1.29, 1.82) is 0 Å². The van der Waals surface area contributed by atoms with Gasteiger partial charge in [0.05, 0.1) is 15.9 Å². The Labute approximate surface area is 193 Å². The molecule has 1 aromatic heterocycles. The second-order valence-electron chi connectivity index (χ2n) is 9.37. The molecule has 5 heteroatoms. The molecule has 0 bridgehead atoms. The Morgan fingerprint density at radius 3 is 2.22 bits per heavy atom. The Kier molecular flexibility index (Phi) is 5.78. The number of benzene rings is 3. The fourth-order valence-electron chi connectivity index (χ4n) is 3.40. The maximum absolute atomic E-state index is 13.2. The topological polar surface area (TPSA) is 51.2 Å². The Bertz CT molecular complexity index is 1220. The van der Waals surface area contributed by atoms with Crippen molar-refractivity contribution in [2.75, 3.05) is 5.32 Å². The lowest BCUT2D eigenvalue weighted by Crippen LogP contribution is -2.42. The van der Waals surface area contributed by atoms with E-state index in [9.17, 15) is 4.79 Å². The van der Waals surface area contributed by atoms with E-state index < -0.39 is 5.60 Å². The number of rotatable bonds is 5. The molecule has 3 aromatic carbocycles. The zero-order valence-corrected chi connectivity index (χ0v) is 19.9. The van der Waals surface area contributed by atoms with Gasteiger partial charge >= 0.3 is 0 Å². The summed E-state index contributed by atoms with van der Waals surface area (Å²) in [4.78, 5) is 17.9. The van der Waals surface area contributed by atoms with Crippen LogP contribution in [0.2, 0.25) is 0 Å². The zero-order chi connectivity index (χ0) is 22.9. The molecule has 0 aliphatic carbocycles. The molecule has 0 spiro atoms. The number of fused-ring (bicyclic) bond motifs is 1. The van der Waals surface area contributed by atoms with Gasteiger partial charge in [-0.15, -0.1) is 11.3 Å². The van der Waals surface area contributed by atoms with Crippen molar-refractivity contribution in [3.8, 4) is 16.3 Å². The number of ether oxygens (including phenoxy) is 1. The summed E-state index contributed by atoms with van der Waals surface area (Å²) < 4.78 is 7.19. The number of carbonyl (C=O) groups is 1. The van der Waals surface area contributed by atoms with E-state index >= 15 is 0 Å². The summed E-state index contributed by atoms with van der Waals surface area (Å²) >= 11 is 1.61. The molecule has 0 saturated heterocycles. The molecule has 4 aromatic rings. The van der Waals surface area contributed by atoms with Crippen LogP contribution in [0.15, 0.2) is 72.8 Å². The van der Waals surface area contributed by atoms with E-state index in [2.05, 4.69) is 32.2 Å². The van der Waals surface area contributed by atoms with Crippen LogP contribution in [0, 0.1) is 0 Å². The molecule has 0 unspecified atom stereocenters. The van der Waals surface area contributed by atoms with Crippen LogP contribution in [0.25, 0.3) is 20.8 Å². The molecule has 0 radical (unpaired) electrons. The SMILES string of the molecule is CC(C)(Oc1ccc(C(C)(C)C)cc1)C(=O)Nc1ccccc1-c1nc2ccccc2s1. The third kappa shape index (κ3) is 4.68. The van der Waals surface area contributed by atoms with E-state index in [-0.39, 0.29) is 11.3 Å². The average Bonchev–Trinajstić information content (AvgIpc) is 3.17. The number of nitrogens with zero attached hydrogens (tertiary/aromatic N) is 1. The predicted octanol–water partition coefficient (Wildman–Crippen LogP) is 7.06. The Morgan fingerprint density at radius 1 is 0.875 bits per heavy atom. The first kappa shape index (κ1) is 22.0. The molecule has 0 atom stereocenters. The molecule has 32 heavy (non-hydrogen) atoms. The molecule has 1 N–H and O–H groups in total. The number of anilines is 1. The summed E-state index contributed by atoms with van der Waals surface area (Å²) in [6.07, 6.45) is 0. The number of para-hydroxylation sites is 2. The first-order chi connectivity index (χ1) is 15.1. The van der Waals surface area contributed by atoms with Crippen LogP contribution < -0.4 is 10.1 Å². The minimum Gasteiger partial charge on any atom is -0.478 e. The van der Waals surface area contributed by atoms with Crippen LogP contribution in [0.3, 0.4) is 0 Å². The van der Waals surface area contributed by atoms with Gasteiger partial charge < -0.3 is 10.1 Å². The number of nitrogens with one attached hydrogen (secondary N) is 1. The van der Waals surface area contributed by atoms with Crippen molar-refractivity contribution in [2.24, 2.45) is 0 Å². The Morgan fingerprint density at radius 2 is 1.53 bits per heavy atom. The first-order valence-corrected chi connectivity index (χ1v) is 11.5. The lowest BCUT2D eigenvalue weighted by atomic mass is 9.87. The van der Waals surface area contributed by atoms with Crippen molar-refractivity contribution in [3.05, 3.63) is 78.4 Å². The lowest BCUT2D eigenvalue weighted by Gasteiger charge is -2.26. The molecule has 0 aliphatic heterocycles. The standard InChI is InChI=1S/C27H28N2O2S/c1-26(2,3)18-14-16-19(17-15-18)31-27(4,5)25(30)29-21-11-7-6-10-20(21)24-28-22-12-8-9-13-23(22)32-24/h6-17H,1-5H3,(H,29,30). The van der Waals surface area contributed by atoms with Crippen LogP contribution in [-0.2, 0) is 10.2 Å². The number of hydrogen-bond acceptors (Lipinski definition) is 4. The normalized spacial score (nSPS) is 12.0. The van der Waals surface area contributed by atoms with E-state index in [0.717, 1.165) is 26.5 Å². The summed E-state index contributed by atoms with van der Waals surface area (Å²) in [5.74, 6) is 0.448. The van der Waals surface area contributed by atoms with E-state index in [1.807, 2.05) is 66.7 Å². The fourth-order valence-corrected chi connectivity index (χ4v) is 4.41. The van der Waals surface area contributed by atoms with Crippen molar-refractivity contribution in [3.63, 3.8) is 0 Å². The minimum atomic E-state index is -1.05. The molecule has 0 aliphatic rings. The first-order valence-electron chi connectivity index (χ1n) is 10.7. The number of amides is 1. The highest BCUT2D eigenvalue weighted by Crippen LogP contribution is 2.35. The molecular formula is C27H28N2O2S. The predicted molar refractivity (Wildman–Crippen MR) is 134 cm³/mol. The van der Waals surface area contributed by atoms with E-state index in [4.69, 9.17) is 9.72 Å². The van der Waals surface area contributed by atoms with Gasteiger partial charge in [-0.1, -0.05) is 57.2 Å². The summed E-state index contributed by atoms with van der Waals surface area (Å²) in [6.45, 7) is 10.1. The monoisotopic (exact) mass is 444 g/mol. The quantitative estimate of drug-likeness (QED) is 0.358. The molecule has 4 rings (SSSR count). The summed E-state index contributed by atoms with van der Waals surface area (Å²) in [5.41, 5.74) is 2.80. The molecule has 0 saturated carbocycles. The highest BCUT2D eigenvalue weighted by atomic mass is 32.1. The molecule has 0 fully saturated rings. The van der Waals surface area contributed by atoms with Gasteiger partial charge in [0.2, 0.25) is 0 Å². The van der Waals surface area contributed by atoms with Gasteiger partial charge in [-0.25, -0.2) is 4.98 Å². The zero-order valence-electron chi connectivity index (χ0n) is 19.1. The molecule has 164 valence electrons. The van der Waals surface area contributed by atoms with Gasteiger partial charge in [0.15, 0.2) is 5.60 Å². The third-order valence-corrected chi connectivity index (χ3v) is 6.41. The largest absolute Gasteiger partial charge is 0.478 e. The van der Waals surface area contributed by atoms with Crippen LogP contribution in [0.4, 0.5) is 5.69 Å². The average molecular weight is 445 g/mol. The highest BCUT2D eigenvalue weighted by Gasteiger charge is 2.31. The van der Waals surface area contributed by atoms with E-state index in [0.29, 0.717) is 5.75 Å². The van der Waals surface area contributed by atoms with Crippen molar-refractivity contribution >= 4 is 33.1 Å². The number of hydrogen-bond donors (Lipinski definition) is 1. The smallest absolute Gasteiger partial charge is 0.267 e. The van der Waals surface area contributed by atoms with Crippen molar-refractivity contribution in [1.82, 2.24) is 4.98 Å². The van der Waals surface area contributed by atoms with Crippen LogP contribution in [0.1, 0.15) is 40.2 Å². The number of carbonyl (C=O) groups excluding carboxylic acids is 1. The fraction of sp³-hybridized carbons (Fsp3) is 0.259. The van der Waals surface area contributed by atoms with E-state index in [1.54, 1.807) is 25.2 Å². The van der Waals surface area contributed by atoms with Crippen molar-refractivity contribution in [2.45, 2.75) is 45.6 Å². The summed E-state index contributed by atoms with van der Waals surface area (Å²) in [7, 11) is 0. The van der Waals surface area contributed by atoms with Crippen LogP contribution in [-0.4, -0.2) is 16.5 Å². The Hall–Kier alpha value is -3.18.